The molecule has 0 spiro atoms. The molecule has 1 aliphatic heterocycles. The van der Waals surface area contributed by atoms with Gasteiger partial charge in [0.15, 0.2) is 0 Å². The second-order valence-corrected chi connectivity index (χ2v) is 6.49. The van der Waals surface area contributed by atoms with E-state index in [0.29, 0.717) is 11.2 Å². The first-order valence-electron chi connectivity index (χ1n) is 7.69. The number of rotatable bonds is 1. The molecule has 2 nitrogen and oxygen atoms in total. The molecule has 1 aromatic carbocycles. The largest absolute Gasteiger partial charge is 0.508 e. The number of likely N-dealkylation sites (tertiary alicyclic amines) is 1. The van der Waals surface area contributed by atoms with E-state index in [-0.39, 0.29) is 0 Å². The zero-order valence-corrected chi connectivity index (χ0v) is 11.9. The minimum atomic E-state index is 0.321. The summed E-state index contributed by atoms with van der Waals surface area (Å²) in [6.45, 7) is 2.41. The van der Waals surface area contributed by atoms with Crippen molar-refractivity contribution in [1.82, 2.24) is 4.90 Å². The lowest BCUT2D eigenvalue weighted by Gasteiger charge is -2.44. The van der Waals surface area contributed by atoms with Crippen molar-refractivity contribution in [3.05, 3.63) is 29.8 Å². The van der Waals surface area contributed by atoms with Crippen molar-refractivity contribution in [1.29, 1.82) is 0 Å². The molecule has 2 unspecified atom stereocenters. The molecular weight excluding hydrogens is 234 g/mol. The smallest absolute Gasteiger partial charge is 0.115 e. The third-order valence-corrected chi connectivity index (χ3v) is 5.43. The molecule has 2 atom stereocenters. The van der Waals surface area contributed by atoms with Crippen molar-refractivity contribution in [3.8, 4) is 5.75 Å². The molecule has 1 aromatic rings. The van der Waals surface area contributed by atoms with Crippen LogP contribution in [0.1, 0.15) is 44.1 Å². The van der Waals surface area contributed by atoms with Crippen LogP contribution in [0.25, 0.3) is 0 Å². The highest BCUT2D eigenvalue weighted by Crippen LogP contribution is 2.49. The normalized spacial score (nSPS) is 32.6. The van der Waals surface area contributed by atoms with Crippen LogP contribution in [0.5, 0.6) is 5.75 Å². The summed E-state index contributed by atoms with van der Waals surface area (Å²) >= 11 is 0. The van der Waals surface area contributed by atoms with Crippen LogP contribution in [0.15, 0.2) is 24.3 Å². The van der Waals surface area contributed by atoms with Gasteiger partial charge in [-0.25, -0.2) is 0 Å². The van der Waals surface area contributed by atoms with Crippen LogP contribution in [0.3, 0.4) is 0 Å². The standard InChI is InChI=1S/C17H25NO/c1-18-11-8-14-5-2-3-9-17(14,10-12-18)15-6-4-7-16(19)13-15/h4,6-7,13-14,19H,2-3,5,8-12H2,1H3. The Morgan fingerprint density at radius 3 is 2.89 bits per heavy atom. The van der Waals surface area contributed by atoms with Crippen LogP contribution in [0, 0.1) is 5.92 Å². The molecule has 2 aliphatic rings. The molecule has 1 heterocycles. The Balaban J connectivity index is 2.00. The van der Waals surface area contributed by atoms with E-state index in [1.807, 2.05) is 12.1 Å². The summed E-state index contributed by atoms with van der Waals surface area (Å²) in [6, 6.07) is 8.06. The van der Waals surface area contributed by atoms with Crippen LogP contribution in [-0.4, -0.2) is 30.1 Å². The molecule has 0 radical (unpaired) electrons. The number of nitrogens with zero attached hydrogens (tertiary/aromatic N) is 1. The van der Waals surface area contributed by atoms with Gasteiger partial charge in [0.2, 0.25) is 0 Å². The van der Waals surface area contributed by atoms with E-state index in [4.69, 9.17) is 0 Å². The quantitative estimate of drug-likeness (QED) is 0.833. The summed E-state index contributed by atoms with van der Waals surface area (Å²) in [6.07, 6.45) is 7.95. The molecule has 1 saturated carbocycles. The van der Waals surface area contributed by atoms with Crippen LogP contribution >= 0.6 is 0 Å². The number of aromatic hydroxyl groups is 1. The molecule has 2 heteroatoms. The molecular formula is C17H25NO. The molecule has 0 aromatic heterocycles. The molecule has 19 heavy (non-hydrogen) atoms. The minimum absolute atomic E-state index is 0.321. The lowest BCUT2D eigenvalue weighted by molar-refractivity contribution is 0.176. The average molecular weight is 259 g/mol. The highest BCUT2D eigenvalue weighted by atomic mass is 16.3. The van der Waals surface area contributed by atoms with Crippen molar-refractivity contribution < 1.29 is 5.11 Å². The minimum Gasteiger partial charge on any atom is -0.508 e. The van der Waals surface area contributed by atoms with Crippen LogP contribution in [0.2, 0.25) is 0 Å². The van der Waals surface area contributed by atoms with Crippen LogP contribution in [0.4, 0.5) is 0 Å². The van der Waals surface area contributed by atoms with E-state index in [0.717, 1.165) is 5.92 Å². The van der Waals surface area contributed by atoms with Gasteiger partial charge in [-0.05, 0) is 74.8 Å². The Labute approximate surface area is 116 Å². The summed E-state index contributed by atoms with van der Waals surface area (Å²) in [5.41, 5.74) is 1.70. The SMILES string of the molecule is CN1CCC2CCCCC2(c2cccc(O)c2)CC1. The number of benzene rings is 1. The van der Waals surface area contributed by atoms with Crippen molar-refractivity contribution in [2.24, 2.45) is 5.92 Å². The summed E-state index contributed by atoms with van der Waals surface area (Å²) in [5.74, 6) is 1.22. The first kappa shape index (κ1) is 13.0. The maximum Gasteiger partial charge on any atom is 0.115 e. The Morgan fingerprint density at radius 2 is 2.05 bits per heavy atom. The summed E-state index contributed by atoms with van der Waals surface area (Å²) in [5, 5.41) is 9.84. The van der Waals surface area contributed by atoms with E-state index in [1.54, 1.807) is 6.07 Å². The van der Waals surface area contributed by atoms with Gasteiger partial charge in [0, 0.05) is 0 Å². The maximum atomic E-state index is 9.84. The molecule has 1 aliphatic carbocycles. The summed E-state index contributed by atoms with van der Waals surface area (Å²) < 4.78 is 0. The van der Waals surface area contributed by atoms with E-state index in [2.05, 4.69) is 18.0 Å². The van der Waals surface area contributed by atoms with Gasteiger partial charge in [0.1, 0.15) is 5.75 Å². The molecule has 1 N–H and O–H groups in total. The maximum absolute atomic E-state index is 9.84. The topological polar surface area (TPSA) is 23.5 Å². The summed E-state index contributed by atoms with van der Waals surface area (Å²) in [4.78, 5) is 2.48. The first-order chi connectivity index (χ1) is 9.21. The van der Waals surface area contributed by atoms with E-state index in [9.17, 15) is 5.11 Å². The second-order valence-electron chi connectivity index (χ2n) is 6.49. The predicted octanol–water partition coefficient (Wildman–Crippen LogP) is 3.55. The third-order valence-electron chi connectivity index (χ3n) is 5.43. The lowest BCUT2D eigenvalue weighted by atomic mass is 9.60. The van der Waals surface area contributed by atoms with Gasteiger partial charge in [0.25, 0.3) is 0 Å². The van der Waals surface area contributed by atoms with Gasteiger partial charge in [-0.1, -0.05) is 25.0 Å². The number of phenols is 1. The molecule has 104 valence electrons. The Bertz CT molecular complexity index is 445. The van der Waals surface area contributed by atoms with Gasteiger partial charge in [0.05, 0.1) is 0 Å². The van der Waals surface area contributed by atoms with Crippen molar-refractivity contribution in [3.63, 3.8) is 0 Å². The Kier molecular flexibility index (Phi) is 3.53. The molecule has 2 fully saturated rings. The number of hydrogen-bond donors (Lipinski definition) is 1. The van der Waals surface area contributed by atoms with E-state index < -0.39 is 0 Å². The van der Waals surface area contributed by atoms with Crippen LogP contribution in [-0.2, 0) is 5.41 Å². The number of phenolic OH excluding ortho intramolecular Hbond substituents is 1. The van der Waals surface area contributed by atoms with Crippen molar-refractivity contribution in [2.75, 3.05) is 20.1 Å². The van der Waals surface area contributed by atoms with Gasteiger partial charge >= 0.3 is 0 Å². The highest BCUT2D eigenvalue weighted by molar-refractivity contribution is 5.34. The third kappa shape index (κ3) is 2.38. The fourth-order valence-corrected chi connectivity index (χ4v) is 4.28. The van der Waals surface area contributed by atoms with Crippen LogP contribution < -0.4 is 0 Å². The Morgan fingerprint density at radius 1 is 1.16 bits per heavy atom. The van der Waals surface area contributed by atoms with E-state index >= 15 is 0 Å². The van der Waals surface area contributed by atoms with Gasteiger partial charge in [-0.3, -0.25) is 0 Å². The van der Waals surface area contributed by atoms with Gasteiger partial charge in [-0.2, -0.15) is 0 Å². The number of fused-ring (bicyclic) bond motifs is 1. The van der Waals surface area contributed by atoms with Gasteiger partial charge < -0.3 is 10.0 Å². The van der Waals surface area contributed by atoms with Gasteiger partial charge in [-0.15, -0.1) is 0 Å². The highest BCUT2D eigenvalue weighted by Gasteiger charge is 2.43. The molecule has 0 bridgehead atoms. The van der Waals surface area contributed by atoms with Crippen molar-refractivity contribution in [2.45, 2.75) is 43.9 Å². The monoisotopic (exact) mass is 259 g/mol. The fraction of sp³-hybridized carbons (Fsp3) is 0.647. The molecule has 0 amide bonds. The fourth-order valence-electron chi connectivity index (χ4n) is 4.28. The average Bonchev–Trinajstić information content (AvgIpc) is 2.60. The Hall–Kier alpha value is -1.02. The first-order valence-corrected chi connectivity index (χ1v) is 7.69. The second kappa shape index (κ2) is 5.16. The zero-order valence-electron chi connectivity index (χ0n) is 11.9. The number of hydrogen-bond acceptors (Lipinski definition) is 2. The van der Waals surface area contributed by atoms with E-state index in [1.165, 1.54) is 57.2 Å². The zero-order chi connectivity index (χ0) is 13.3. The van der Waals surface area contributed by atoms with Crippen molar-refractivity contribution >= 4 is 0 Å². The summed E-state index contributed by atoms with van der Waals surface area (Å²) in [7, 11) is 2.24. The lowest BCUT2D eigenvalue weighted by Crippen LogP contribution is -2.38. The molecule has 1 saturated heterocycles. The predicted molar refractivity (Wildman–Crippen MR) is 78.5 cm³/mol. The molecule has 3 rings (SSSR count).